The quantitative estimate of drug-likeness (QED) is 0.814. The first-order valence-corrected chi connectivity index (χ1v) is 5.94. The van der Waals surface area contributed by atoms with Crippen LogP contribution in [0.5, 0.6) is 0 Å². The molecule has 0 aliphatic carbocycles. The summed E-state index contributed by atoms with van der Waals surface area (Å²) in [5.74, 6) is -0.752. The monoisotopic (exact) mass is 254 g/mol. The lowest BCUT2D eigenvalue weighted by atomic mass is 10.2. The number of ether oxygens (including phenoxy) is 1. The zero-order valence-electron chi connectivity index (χ0n) is 10.7. The Kier molecular flexibility index (Phi) is 5.74. The fraction of sp³-hybridized carbons (Fsp3) is 0.462. The van der Waals surface area contributed by atoms with E-state index in [1.807, 2.05) is 13.8 Å². The van der Waals surface area contributed by atoms with Gasteiger partial charge in [0.1, 0.15) is 5.82 Å². The van der Waals surface area contributed by atoms with Crippen LogP contribution in [0.4, 0.5) is 10.1 Å². The molecule has 0 bridgehead atoms. The third-order valence-corrected chi connectivity index (χ3v) is 2.47. The number of anilines is 1. The highest BCUT2D eigenvalue weighted by atomic mass is 19.1. The Morgan fingerprint density at radius 1 is 1.56 bits per heavy atom. The van der Waals surface area contributed by atoms with Gasteiger partial charge in [0.25, 0.3) is 0 Å². The van der Waals surface area contributed by atoms with Gasteiger partial charge in [0.15, 0.2) is 0 Å². The highest BCUT2D eigenvalue weighted by Crippen LogP contribution is 2.16. The zero-order valence-corrected chi connectivity index (χ0v) is 10.7. The zero-order chi connectivity index (χ0) is 13.5. The second-order valence-electron chi connectivity index (χ2n) is 4.05. The van der Waals surface area contributed by atoms with Crippen molar-refractivity contribution in [2.75, 3.05) is 18.5 Å². The Morgan fingerprint density at radius 3 is 2.89 bits per heavy atom. The second-order valence-corrected chi connectivity index (χ2v) is 4.05. The van der Waals surface area contributed by atoms with Gasteiger partial charge in [0.05, 0.1) is 18.2 Å². The average Bonchev–Trinajstić information content (AvgIpc) is 2.33. The number of rotatable bonds is 6. The van der Waals surface area contributed by atoms with Gasteiger partial charge < -0.3 is 15.8 Å². The number of halogens is 1. The molecular weight excluding hydrogens is 235 g/mol. The summed E-state index contributed by atoms with van der Waals surface area (Å²) in [5, 5.41) is 2.52. The molecule has 1 aromatic carbocycles. The fourth-order valence-corrected chi connectivity index (χ4v) is 1.59. The first-order valence-electron chi connectivity index (χ1n) is 5.94. The van der Waals surface area contributed by atoms with Crippen LogP contribution in [0, 0.1) is 12.7 Å². The molecular formula is C13H19FN2O2. The molecule has 1 rings (SSSR count). The van der Waals surface area contributed by atoms with Crippen LogP contribution in [0.3, 0.4) is 0 Å². The first-order chi connectivity index (χ1) is 8.56. The van der Waals surface area contributed by atoms with Crippen molar-refractivity contribution >= 4 is 11.6 Å². The molecule has 1 aromatic rings. The van der Waals surface area contributed by atoms with Gasteiger partial charge >= 0.3 is 0 Å². The van der Waals surface area contributed by atoms with Crippen LogP contribution in [-0.4, -0.2) is 25.2 Å². The summed E-state index contributed by atoms with van der Waals surface area (Å²) in [6, 6.07) is 4.56. The maximum atomic E-state index is 13.4. The van der Waals surface area contributed by atoms with Gasteiger partial charge in [-0.2, -0.15) is 0 Å². The SMILES string of the molecule is CCOC(CN)CC(=O)Nc1cc(C)ccc1F. The molecule has 100 valence electrons. The minimum Gasteiger partial charge on any atom is -0.377 e. The Morgan fingerprint density at radius 2 is 2.28 bits per heavy atom. The minimum atomic E-state index is -0.449. The molecule has 0 spiro atoms. The van der Waals surface area contributed by atoms with Crippen molar-refractivity contribution in [3.63, 3.8) is 0 Å². The number of hydrogen-bond acceptors (Lipinski definition) is 3. The van der Waals surface area contributed by atoms with Crippen molar-refractivity contribution in [2.24, 2.45) is 5.73 Å². The summed E-state index contributed by atoms with van der Waals surface area (Å²) < 4.78 is 18.7. The Hall–Kier alpha value is -1.46. The van der Waals surface area contributed by atoms with Crippen LogP contribution < -0.4 is 11.1 Å². The fourth-order valence-electron chi connectivity index (χ4n) is 1.59. The Balaban J connectivity index is 2.61. The molecule has 5 heteroatoms. The molecule has 0 saturated heterocycles. The summed E-state index contributed by atoms with van der Waals surface area (Å²) in [7, 11) is 0. The van der Waals surface area contributed by atoms with E-state index in [-0.39, 0.29) is 30.7 Å². The molecule has 1 amide bonds. The number of hydrogen-bond donors (Lipinski definition) is 2. The topological polar surface area (TPSA) is 64.3 Å². The van der Waals surface area contributed by atoms with Crippen molar-refractivity contribution in [1.29, 1.82) is 0 Å². The standard InChI is InChI=1S/C13H19FN2O2/c1-3-18-10(8-15)7-13(17)16-12-6-9(2)4-5-11(12)14/h4-6,10H,3,7-8,15H2,1-2H3,(H,16,17). The van der Waals surface area contributed by atoms with E-state index >= 15 is 0 Å². The molecule has 0 radical (unpaired) electrons. The number of nitrogens with one attached hydrogen (secondary N) is 1. The van der Waals surface area contributed by atoms with E-state index in [4.69, 9.17) is 10.5 Å². The van der Waals surface area contributed by atoms with Crippen LogP contribution in [0.2, 0.25) is 0 Å². The predicted molar refractivity (Wildman–Crippen MR) is 68.9 cm³/mol. The highest BCUT2D eigenvalue weighted by molar-refractivity contribution is 5.91. The molecule has 0 fully saturated rings. The van der Waals surface area contributed by atoms with Crippen LogP contribution >= 0.6 is 0 Å². The van der Waals surface area contributed by atoms with Gasteiger partial charge in [-0.25, -0.2) is 4.39 Å². The summed E-state index contributed by atoms with van der Waals surface area (Å²) >= 11 is 0. The minimum absolute atomic E-state index is 0.123. The predicted octanol–water partition coefficient (Wildman–Crippen LogP) is 1.83. The van der Waals surface area contributed by atoms with E-state index < -0.39 is 5.82 Å². The highest BCUT2D eigenvalue weighted by Gasteiger charge is 2.13. The largest absolute Gasteiger partial charge is 0.377 e. The molecule has 1 unspecified atom stereocenters. The first kappa shape index (κ1) is 14.6. The second kappa shape index (κ2) is 7.08. The number of amides is 1. The van der Waals surface area contributed by atoms with E-state index in [9.17, 15) is 9.18 Å². The average molecular weight is 254 g/mol. The Bertz CT molecular complexity index is 410. The molecule has 4 nitrogen and oxygen atoms in total. The smallest absolute Gasteiger partial charge is 0.227 e. The summed E-state index contributed by atoms with van der Waals surface area (Å²) in [6.45, 7) is 4.42. The van der Waals surface area contributed by atoms with Crippen LogP contribution in [0.25, 0.3) is 0 Å². The number of carbonyl (C=O) groups is 1. The van der Waals surface area contributed by atoms with E-state index in [0.29, 0.717) is 6.61 Å². The summed E-state index contributed by atoms with van der Waals surface area (Å²) in [6.07, 6.45) is -0.208. The van der Waals surface area contributed by atoms with Crippen molar-refractivity contribution < 1.29 is 13.9 Å². The maximum Gasteiger partial charge on any atom is 0.227 e. The molecule has 18 heavy (non-hydrogen) atoms. The third kappa shape index (κ3) is 4.43. The normalized spacial score (nSPS) is 12.2. The molecule has 0 saturated carbocycles. The molecule has 0 aliphatic rings. The van der Waals surface area contributed by atoms with E-state index in [2.05, 4.69) is 5.32 Å². The Labute approximate surface area is 106 Å². The van der Waals surface area contributed by atoms with Gasteiger partial charge in [0, 0.05) is 13.2 Å². The summed E-state index contributed by atoms with van der Waals surface area (Å²) in [4.78, 5) is 11.7. The molecule has 0 aliphatic heterocycles. The van der Waals surface area contributed by atoms with Gasteiger partial charge in [-0.3, -0.25) is 4.79 Å². The van der Waals surface area contributed by atoms with Crippen LogP contribution in [0.15, 0.2) is 18.2 Å². The lowest BCUT2D eigenvalue weighted by Crippen LogP contribution is -2.29. The van der Waals surface area contributed by atoms with Gasteiger partial charge in [-0.05, 0) is 31.5 Å². The maximum absolute atomic E-state index is 13.4. The molecule has 0 aromatic heterocycles. The molecule has 3 N–H and O–H groups in total. The van der Waals surface area contributed by atoms with E-state index in [1.165, 1.54) is 6.07 Å². The third-order valence-electron chi connectivity index (χ3n) is 2.47. The van der Waals surface area contributed by atoms with Crippen molar-refractivity contribution in [1.82, 2.24) is 0 Å². The van der Waals surface area contributed by atoms with Gasteiger partial charge in [0.2, 0.25) is 5.91 Å². The van der Waals surface area contributed by atoms with Gasteiger partial charge in [-0.15, -0.1) is 0 Å². The van der Waals surface area contributed by atoms with Crippen LogP contribution in [0.1, 0.15) is 18.9 Å². The number of nitrogens with two attached hydrogens (primary N) is 1. The van der Waals surface area contributed by atoms with Crippen molar-refractivity contribution in [3.8, 4) is 0 Å². The molecule has 0 heterocycles. The summed E-state index contributed by atoms with van der Waals surface area (Å²) in [5.41, 5.74) is 6.54. The van der Waals surface area contributed by atoms with Crippen molar-refractivity contribution in [2.45, 2.75) is 26.4 Å². The number of carbonyl (C=O) groups excluding carboxylic acids is 1. The van der Waals surface area contributed by atoms with E-state index in [0.717, 1.165) is 5.56 Å². The number of aryl methyl sites for hydroxylation is 1. The number of benzene rings is 1. The van der Waals surface area contributed by atoms with Crippen LogP contribution in [-0.2, 0) is 9.53 Å². The van der Waals surface area contributed by atoms with Gasteiger partial charge in [-0.1, -0.05) is 6.07 Å². The van der Waals surface area contributed by atoms with E-state index in [1.54, 1.807) is 12.1 Å². The lowest BCUT2D eigenvalue weighted by Gasteiger charge is -2.14. The van der Waals surface area contributed by atoms with Crippen molar-refractivity contribution in [3.05, 3.63) is 29.6 Å². The molecule has 1 atom stereocenters. The lowest BCUT2D eigenvalue weighted by molar-refractivity contribution is -0.118.